The van der Waals surface area contributed by atoms with E-state index in [1.54, 1.807) is 23.3 Å². The summed E-state index contributed by atoms with van der Waals surface area (Å²) in [6.45, 7) is 6.48. The van der Waals surface area contributed by atoms with Crippen molar-refractivity contribution in [2.75, 3.05) is 30.8 Å². The van der Waals surface area contributed by atoms with E-state index in [9.17, 15) is 27.6 Å². The van der Waals surface area contributed by atoms with Gasteiger partial charge in [0.05, 0.1) is 28.3 Å². The van der Waals surface area contributed by atoms with E-state index >= 15 is 0 Å². The molecule has 0 radical (unpaired) electrons. The maximum atomic E-state index is 12.3. The molecule has 0 spiro atoms. The van der Waals surface area contributed by atoms with Crippen LogP contribution >= 0.6 is 34.5 Å². The SMILES string of the molecule is COCC(C)N(C(=O)CCl)c1c(C)csc1C.CS(=O)(=O)c1ccc(C(=O)C2C(=O)CCCC2=O)c(Cl)c1. The van der Waals surface area contributed by atoms with Crippen LogP contribution < -0.4 is 4.90 Å². The molecule has 0 saturated heterocycles. The van der Waals surface area contributed by atoms with Gasteiger partial charge < -0.3 is 9.64 Å². The molecule has 1 fully saturated rings. The average molecular weight is 605 g/mol. The monoisotopic (exact) mass is 603 g/mol. The van der Waals surface area contributed by atoms with Gasteiger partial charge in [-0.2, -0.15) is 0 Å². The van der Waals surface area contributed by atoms with E-state index in [0.29, 0.717) is 13.0 Å². The first-order valence-electron chi connectivity index (χ1n) is 11.7. The molecule has 1 unspecified atom stereocenters. The van der Waals surface area contributed by atoms with Gasteiger partial charge in [0.2, 0.25) is 5.91 Å². The van der Waals surface area contributed by atoms with Gasteiger partial charge in [-0.05, 0) is 56.3 Å². The molecule has 1 atom stereocenters. The minimum absolute atomic E-state index is 0.00216. The lowest BCUT2D eigenvalue weighted by molar-refractivity contribution is -0.133. The summed E-state index contributed by atoms with van der Waals surface area (Å²) in [4.78, 5) is 50.7. The van der Waals surface area contributed by atoms with Crippen LogP contribution in [0.2, 0.25) is 5.02 Å². The number of ketones is 3. The normalized spacial score (nSPS) is 15.0. The number of methoxy groups -OCH3 is 1. The van der Waals surface area contributed by atoms with Crippen LogP contribution in [0.5, 0.6) is 0 Å². The highest BCUT2D eigenvalue weighted by Crippen LogP contribution is 2.32. The quantitative estimate of drug-likeness (QED) is 0.241. The highest BCUT2D eigenvalue weighted by molar-refractivity contribution is 7.90. The molecule has 3 rings (SSSR count). The topological polar surface area (TPSA) is 115 Å². The molecule has 1 aromatic carbocycles. The zero-order valence-corrected chi connectivity index (χ0v) is 25.0. The number of amides is 1. The molecule has 0 aliphatic heterocycles. The summed E-state index contributed by atoms with van der Waals surface area (Å²) in [5, 5.41) is 1.98. The third kappa shape index (κ3) is 7.72. The van der Waals surface area contributed by atoms with Crippen LogP contribution in [0.15, 0.2) is 28.5 Å². The number of alkyl halides is 1. The molecule has 2 aromatic rings. The molecule has 1 saturated carbocycles. The predicted molar refractivity (Wildman–Crippen MR) is 150 cm³/mol. The number of hydrogen-bond donors (Lipinski definition) is 0. The van der Waals surface area contributed by atoms with Crippen LogP contribution in [-0.4, -0.2) is 63.6 Å². The van der Waals surface area contributed by atoms with Gasteiger partial charge in [-0.15, -0.1) is 22.9 Å². The second-order valence-electron chi connectivity index (χ2n) is 9.02. The maximum absolute atomic E-state index is 12.3. The van der Waals surface area contributed by atoms with Crippen LogP contribution in [0.1, 0.15) is 47.0 Å². The van der Waals surface area contributed by atoms with E-state index in [0.717, 1.165) is 28.5 Å². The van der Waals surface area contributed by atoms with E-state index in [-0.39, 0.29) is 46.2 Å². The van der Waals surface area contributed by atoms with E-state index in [1.165, 1.54) is 12.1 Å². The second-order valence-corrected chi connectivity index (χ2v) is 12.8. The van der Waals surface area contributed by atoms with Crippen LogP contribution in [0.3, 0.4) is 0 Å². The zero-order valence-electron chi connectivity index (χ0n) is 21.9. The first-order chi connectivity index (χ1) is 17.7. The van der Waals surface area contributed by atoms with Crippen LogP contribution in [-0.2, 0) is 29.0 Å². The van der Waals surface area contributed by atoms with E-state index in [4.69, 9.17) is 27.9 Å². The Kier molecular flexibility index (Phi) is 11.7. The minimum Gasteiger partial charge on any atom is -0.383 e. The molecule has 12 heteroatoms. The third-order valence-corrected chi connectivity index (χ3v) is 8.65. The van der Waals surface area contributed by atoms with E-state index < -0.39 is 33.1 Å². The Morgan fingerprint density at radius 1 is 1.18 bits per heavy atom. The second kappa shape index (κ2) is 13.8. The van der Waals surface area contributed by atoms with Gasteiger partial charge in [0.25, 0.3) is 0 Å². The molecule has 1 aliphatic carbocycles. The number of rotatable bonds is 8. The number of hydrogen-bond acceptors (Lipinski definition) is 8. The summed E-state index contributed by atoms with van der Waals surface area (Å²) in [6, 6.07) is 3.63. The molecule has 208 valence electrons. The first-order valence-corrected chi connectivity index (χ1v) is 15.4. The molecule has 1 amide bonds. The van der Waals surface area contributed by atoms with Gasteiger partial charge in [-0.1, -0.05) is 11.6 Å². The van der Waals surface area contributed by atoms with Crippen molar-refractivity contribution in [3.63, 3.8) is 0 Å². The lowest BCUT2D eigenvalue weighted by atomic mass is 9.82. The van der Waals surface area contributed by atoms with Crippen molar-refractivity contribution in [3.05, 3.63) is 44.6 Å². The summed E-state index contributed by atoms with van der Waals surface area (Å²) in [5.41, 5.74) is 2.08. The van der Waals surface area contributed by atoms with E-state index in [1.807, 2.05) is 20.8 Å². The maximum Gasteiger partial charge on any atom is 0.242 e. The molecule has 1 aromatic heterocycles. The molecule has 0 bridgehead atoms. The lowest BCUT2D eigenvalue weighted by Gasteiger charge is -2.29. The Labute approximate surface area is 237 Å². The number of nitrogens with zero attached hydrogens (tertiary/aromatic N) is 1. The van der Waals surface area contributed by atoms with Crippen molar-refractivity contribution in [1.82, 2.24) is 0 Å². The predicted octanol–water partition coefficient (Wildman–Crippen LogP) is 4.84. The summed E-state index contributed by atoms with van der Waals surface area (Å²) >= 11 is 13.3. The zero-order chi connectivity index (χ0) is 28.8. The highest BCUT2D eigenvalue weighted by Gasteiger charge is 2.37. The van der Waals surface area contributed by atoms with Crippen molar-refractivity contribution in [1.29, 1.82) is 0 Å². The third-order valence-electron chi connectivity index (χ3n) is 5.98. The van der Waals surface area contributed by atoms with Gasteiger partial charge in [-0.25, -0.2) is 8.42 Å². The Morgan fingerprint density at radius 2 is 1.79 bits per heavy atom. The molecule has 38 heavy (non-hydrogen) atoms. The van der Waals surface area contributed by atoms with Gasteiger partial charge in [0, 0.05) is 36.6 Å². The minimum atomic E-state index is -3.44. The molecular weight excluding hydrogens is 573 g/mol. The number of aryl methyl sites for hydroxylation is 2. The fraction of sp³-hybridized carbons (Fsp3) is 0.462. The van der Waals surface area contributed by atoms with Crippen molar-refractivity contribution in [2.24, 2.45) is 5.92 Å². The van der Waals surface area contributed by atoms with Crippen LogP contribution in [0.4, 0.5) is 5.69 Å². The van der Waals surface area contributed by atoms with Crippen molar-refractivity contribution in [3.8, 4) is 0 Å². The number of Topliss-reactive ketones (excluding diaryl/α,β-unsaturated/α-hetero) is 3. The molecule has 1 heterocycles. The summed E-state index contributed by atoms with van der Waals surface area (Å²) < 4.78 is 28.0. The van der Waals surface area contributed by atoms with Gasteiger partial charge in [-0.3, -0.25) is 19.2 Å². The fourth-order valence-corrected chi connectivity index (χ4v) is 6.13. The summed E-state index contributed by atoms with van der Waals surface area (Å²) in [6.07, 6.45) is 1.87. The Bertz CT molecular complexity index is 1290. The molecule has 8 nitrogen and oxygen atoms in total. The largest absolute Gasteiger partial charge is 0.383 e. The summed E-state index contributed by atoms with van der Waals surface area (Å²) in [7, 11) is -1.81. The standard InChI is InChI=1S/C14H13ClO5S.C12H18ClNO2S/c1-21(19,20)8-5-6-9(10(15)7-8)14(18)13-11(16)3-2-4-12(13)17;1-8-7-17-10(3)12(8)14(11(15)5-13)9(2)6-16-4/h5-7,13H,2-4H2,1H3;7,9H,5-6H2,1-4H3. The van der Waals surface area contributed by atoms with Crippen molar-refractivity contribution >= 4 is 73.3 Å². The van der Waals surface area contributed by atoms with E-state index in [2.05, 4.69) is 5.38 Å². The lowest BCUT2D eigenvalue weighted by Crippen LogP contribution is -2.42. The number of carbonyl (C=O) groups is 4. The van der Waals surface area contributed by atoms with Crippen molar-refractivity contribution < 1.29 is 32.3 Å². The van der Waals surface area contributed by atoms with Crippen LogP contribution in [0.25, 0.3) is 0 Å². The van der Waals surface area contributed by atoms with Gasteiger partial charge in [0.15, 0.2) is 27.2 Å². The number of anilines is 1. The first kappa shape index (κ1) is 32.1. The number of ether oxygens (including phenoxy) is 1. The van der Waals surface area contributed by atoms with Crippen LogP contribution in [0, 0.1) is 19.8 Å². The summed E-state index contributed by atoms with van der Waals surface area (Å²) in [5.74, 6) is -2.86. The number of carbonyl (C=O) groups excluding carboxylic acids is 4. The fourth-order valence-electron chi connectivity index (χ4n) is 4.18. The highest BCUT2D eigenvalue weighted by atomic mass is 35.5. The Hall–Kier alpha value is -2.11. The Morgan fingerprint density at radius 3 is 2.24 bits per heavy atom. The van der Waals surface area contributed by atoms with Gasteiger partial charge >= 0.3 is 0 Å². The number of halogens is 2. The number of thiophene rings is 1. The smallest absolute Gasteiger partial charge is 0.242 e. The van der Waals surface area contributed by atoms with Crippen molar-refractivity contribution in [2.45, 2.75) is 51.0 Å². The molecular formula is C26H31Cl2NO7S2. The number of sulfone groups is 1. The molecule has 0 N–H and O–H groups in total. The Balaban J connectivity index is 0.000000273. The molecule has 1 aliphatic rings. The van der Waals surface area contributed by atoms with Gasteiger partial charge in [0.1, 0.15) is 11.8 Å². The average Bonchev–Trinajstić information content (AvgIpc) is 3.16. The number of benzene rings is 1.